The fraction of sp³-hybridized carbons (Fsp3) is 0.286. The monoisotopic (exact) mass is 406 g/mol. The molecule has 0 aliphatic heterocycles. The molecule has 0 spiro atoms. The van der Waals surface area contributed by atoms with Gasteiger partial charge in [-0.25, -0.2) is 0 Å². The summed E-state index contributed by atoms with van der Waals surface area (Å²) in [4.78, 5) is 8.75. The van der Waals surface area contributed by atoms with Gasteiger partial charge in [-0.15, -0.1) is 10.2 Å². The standard InChI is InChI=1S/C21H22N6OS/c1-4-8-18-23-20(28-26-18)15(3)29-21-25-24-19(16-10-7-12-22-13-16)27(21)17-11-6-5-9-14(17)2/h5-7,9-13,15H,4,8H2,1-3H3/t15-/m1/s1. The van der Waals surface area contributed by atoms with Crippen molar-refractivity contribution in [3.63, 3.8) is 0 Å². The van der Waals surface area contributed by atoms with Gasteiger partial charge in [0.05, 0.1) is 10.9 Å². The first-order valence-electron chi connectivity index (χ1n) is 9.58. The first-order valence-corrected chi connectivity index (χ1v) is 10.5. The van der Waals surface area contributed by atoms with Gasteiger partial charge in [0.1, 0.15) is 0 Å². The molecule has 0 unspecified atom stereocenters. The van der Waals surface area contributed by atoms with E-state index in [1.54, 1.807) is 24.2 Å². The van der Waals surface area contributed by atoms with Crippen LogP contribution >= 0.6 is 11.8 Å². The summed E-state index contributed by atoms with van der Waals surface area (Å²) < 4.78 is 7.53. The van der Waals surface area contributed by atoms with Crippen LogP contribution in [0.25, 0.3) is 17.1 Å². The molecule has 4 aromatic rings. The average Bonchev–Trinajstić information content (AvgIpc) is 3.37. The lowest BCUT2D eigenvalue weighted by Crippen LogP contribution is -2.03. The molecule has 3 heterocycles. The van der Waals surface area contributed by atoms with E-state index in [1.165, 1.54) is 0 Å². The van der Waals surface area contributed by atoms with Crippen molar-refractivity contribution in [3.8, 4) is 17.1 Å². The Morgan fingerprint density at radius 2 is 2.00 bits per heavy atom. The Morgan fingerprint density at radius 3 is 2.76 bits per heavy atom. The fourth-order valence-corrected chi connectivity index (χ4v) is 3.92. The fourth-order valence-electron chi connectivity index (χ4n) is 3.03. The number of benzene rings is 1. The van der Waals surface area contributed by atoms with Gasteiger partial charge >= 0.3 is 0 Å². The molecule has 0 amide bonds. The number of hydrogen-bond acceptors (Lipinski definition) is 7. The van der Waals surface area contributed by atoms with Crippen molar-refractivity contribution < 1.29 is 4.52 Å². The lowest BCUT2D eigenvalue weighted by Gasteiger charge is -2.13. The van der Waals surface area contributed by atoms with E-state index in [0.29, 0.717) is 5.89 Å². The number of rotatable bonds is 7. The maximum Gasteiger partial charge on any atom is 0.239 e. The molecule has 0 saturated heterocycles. The van der Waals surface area contributed by atoms with Gasteiger partial charge in [0.25, 0.3) is 0 Å². The molecular weight excluding hydrogens is 384 g/mol. The summed E-state index contributed by atoms with van der Waals surface area (Å²) in [6.45, 7) is 6.21. The van der Waals surface area contributed by atoms with Crippen molar-refractivity contribution in [2.24, 2.45) is 0 Å². The van der Waals surface area contributed by atoms with Crippen molar-refractivity contribution in [3.05, 3.63) is 66.1 Å². The van der Waals surface area contributed by atoms with E-state index < -0.39 is 0 Å². The highest BCUT2D eigenvalue weighted by Gasteiger charge is 2.22. The number of aryl methyl sites for hydroxylation is 2. The molecule has 0 bridgehead atoms. The minimum absolute atomic E-state index is 0.0539. The highest BCUT2D eigenvalue weighted by Crippen LogP contribution is 2.36. The molecule has 3 aromatic heterocycles. The quantitative estimate of drug-likeness (QED) is 0.407. The zero-order valence-corrected chi connectivity index (χ0v) is 17.4. The number of thioether (sulfide) groups is 1. The molecule has 1 aromatic carbocycles. The van der Waals surface area contributed by atoms with E-state index in [4.69, 9.17) is 4.52 Å². The first-order chi connectivity index (χ1) is 14.2. The molecule has 8 heteroatoms. The molecule has 29 heavy (non-hydrogen) atoms. The Labute approximate surface area is 173 Å². The third-order valence-corrected chi connectivity index (χ3v) is 5.53. The molecule has 0 N–H and O–H groups in total. The number of aromatic nitrogens is 6. The van der Waals surface area contributed by atoms with E-state index in [0.717, 1.165) is 46.5 Å². The summed E-state index contributed by atoms with van der Waals surface area (Å²) in [7, 11) is 0. The van der Waals surface area contributed by atoms with Crippen LogP contribution in [-0.2, 0) is 6.42 Å². The zero-order valence-electron chi connectivity index (χ0n) is 16.6. The van der Waals surface area contributed by atoms with E-state index in [1.807, 2.05) is 31.2 Å². The van der Waals surface area contributed by atoms with Crippen LogP contribution < -0.4 is 0 Å². The minimum Gasteiger partial charge on any atom is -0.338 e. The van der Waals surface area contributed by atoms with Gasteiger partial charge in [0.15, 0.2) is 16.8 Å². The Morgan fingerprint density at radius 1 is 1.14 bits per heavy atom. The summed E-state index contributed by atoms with van der Waals surface area (Å²) in [5, 5.41) is 13.7. The second kappa shape index (κ2) is 8.57. The van der Waals surface area contributed by atoms with Crippen molar-refractivity contribution >= 4 is 11.8 Å². The third-order valence-electron chi connectivity index (χ3n) is 4.50. The molecule has 148 valence electrons. The average molecular weight is 407 g/mol. The molecular formula is C21H22N6OS. The number of pyridine rings is 1. The molecule has 4 rings (SSSR count). The highest BCUT2D eigenvalue weighted by atomic mass is 32.2. The van der Waals surface area contributed by atoms with Gasteiger partial charge in [-0.1, -0.05) is 42.0 Å². The van der Waals surface area contributed by atoms with Crippen LogP contribution in [0.2, 0.25) is 0 Å². The van der Waals surface area contributed by atoms with Crippen LogP contribution in [0.3, 0.4) is 0 Å². The second-order valence-electron chi connectivity index (χ2n) is 6.73. The van der Waals surface area contributed by atoms with Crippen molar-refractivity contribution in [2.75, 3.05) is 0 Å². The highest BCUT2D eigenvalue weighted by molar-refractivity contribution is 7.99. The number of hydrogen-bond donors (Lipinski definition) is 0. The van der Waals surface area contributed by atoms with Gasteiger partial charge in [-0.05, 0) is 44.0 Å². The maximum atomic E-state index is 5.46. The topological polar surface area (TPSA) is 82.5 Å². The zero-order chi connectivity index (χ0) is 20.2. The van der Waals surface area contributed by atoms with E-state index in [-0.39, 0.29) is 5.25 Å². The van der Waals surface area contributed by atoms with Crippen LogP contribution in [0, 0.1) is 6.92 Å². The predicted octanol–water partition coefficient (Wildman–Crippen LogP) is 4.83. The van der Waals surface area contributed by atoms with E-state index in [9.17, 15) is 0 Å². The van der Waals surface area contributed by atoms with Gasteiger partial charge in [-0.3, -0.25) is 9.55 Å². The molecule has 1 atom stereocenters. The molecule has 0 saturated carbocycles. The van der Waals surface area contributed by atoms with Crippen LogP contribution in [0.5, 0.6) is 0 Å². The van der Waals surface area contributed by atoms with Crippen LogP contribution in [0.15, 0.2) is 58.5 Å². The lowest BCUT2D eigenvalue weighted by molar-refractivity contribution is 0.374. The minimum atomic E-state index is -0.0539. The van der Waals surface area contributed by atoms with Crippen LogP contribution in [-0.4, -0.2) is 29.9 Å². The van der Waals surface area contributed by atoms with Gasteiger partial charge < -0.3 is 4.52 Å². The van der Waals surface area contributed by atoms with E-state index in [2.05, 4.69) is 55.9 Å². The smallest absolute Gasteiger partial charge is 0.239 e. The van der Waals surface area contributed by atoms with Gasteiger partial charge in [-0.2, -0.15) is 4.98 Å². The Hall–Kier alpha value is -3.00. The third kappa shape index (κ3) is 4.07. The second-order valence-corrected chi connectivity index (χ2v) is 8.04. The largest absolute Gasteiger partial charge is 0.338 e. The summed E-state index contributed by atoms with van der Waals surface area (Å²) in [5.74, 6) is 2.09. The summed E-state index contributed by atoms with van der Waals surface area (Å²) in [6.07, 6.45) is 5.34. The summed E-state index contributed by atoms with van der Waals surface area (Å²) >= 11 is 1.55. The SMILES string of the molecule is CCCc1noc([C@@H](C)Sc2nnc(-c3cccnc3)n2-c2ccccc2C)n1. The Balaban J connectivity index is 1.73. The predicted molar refractivity (Wildman–Crippen MR) is 112 cm³/mol. The lowest BCUT2D eigenvalue weighted by atomic mass is 10.2. The summed E-state index contributed by atoms with van der Waals surface area (Å²) in [6, 6.07) is 12.1. The molecule has 0 aliphatic carbocycles. The molecule has 0 radical (unpaired) electrons. The first kappa shape index (κ1) is 19.3. The molecule has 0 fully saturated rings. The number of para-hydroxylation sites is 1. The van der Waals surface area contributed by atoms with Gasteiger partial charge in [0, 0.05) is 24.4 Å². The van der Waals surface area contributed by atoms with Crippen molar-refractivity contribution in [1.29, 1.82) is 0 Å². The molecule has 7 nitrogen and oxygen atoms in total. The number of nitrogens with zero attached hydrogens (tertiary/aromatic N) is 6. The normalized spacial score (nSPS) is 12.2. The van der Waals surface area contributed by atoms with Gasteiger partial charge in [0.2, 0.25) is 5.89 Å². The Bertz CT molecular complexity index is 1090. The van der Waals surface area contributed by atoms with E-state index >= 15 is 0 Å². The summed E-state index contributed by atoms with van der Waals surface area (Å²) in [5.41, 5.74) is 3.07. The Kier molecular flexibility index (Phi) is 5.71. The van der Waals surface area contributed by atoms with Crippen LogP contribution in [0.1, 0.15) is 42.8 Å². The maximum absolute atomic E-state index is 5.46. The van der Waals surface area contributed by atoms with Crippen molar-refractivity contribution in [1.82, 2.24) is 29.9 Å². The molecule has 0 aliphatic rings. The van der Waals surface area contributed by atoms with Crippen molar-refractivity contribution in [2.45, 2.75) is 44.0 Å². The van der Waals surface area contributed by atoms with Crippen LogP contribution in [0.4, 0.5) is 0 Å².